The molecule has 0 aliphatic rings. The van der Waals surface area contributed by atoms with Gasteiger partial charge in [0.05, 0.1) is 0 Å². The summed E-state index contributed by atoms with van der Waals surface area (Å²) >= 11 is 3.47. The molecule has 0 aromatic heterocycles. The Morgan fingerprint density at radius 3 is 1.43 bits per heavy atom. The second-order valence-electron chi connectivity index (χ2n) is 0.448. The van der Waals surface area contributed by atoms with Crippen LogP contribution in [0, 0.1) is 0 Å². The fraction of sp³-hybridized carbons (Fsp3) is 0. The second kappa shape index (κ2) is 6.14. The maximum Gasteiger partial charge on any atom is 1.00 e. The summed E-state index contributed by atoms with van der Waals surface area (Å²) in [6.07, 6.45) is 0. The van der Waals surface area contributed by atoms with Crippen LogP contribution in [-0.2, 0) is 20.2 Å². The molecule has 3 nitrogen and oxygen atoms in total. The van der Waals surface area contributed by atoms with Crippen LogP contribution in [0.5, 0.6) is 0 Å². The van der Waals surface area contributed by atoms with Gasteiger partial charge in [0.15, 0.2) is 0 Å². The maximum absolute atomic E-state index is 9.11. The third kappa shape index (κ3) is 71.2. The minimum atomic E-state index is -3.83. The van der Waals surface area contributed by atoms with E-state index in [-0.39, 0.29) is 53.5 Å². The molecule has 0 amide bonds. The summed E-state index contributed by atoms with van der Waals surface area (Å²) in [5, 5.41) is 0. The van der Waals surface area contributed by atoms with E-state index in [2.05, 4.69) is 11.2 Å². The molecular formula is H2INaO3S2. The Morgan fingerprint density at radius 1 is 1.43 bits per heavy atom. The molecule has 7 heteroatoms. The van der Waals surface area contributed by atoms with Gasteiger partial charge >= 0.3 is 29.6 Å². The van der Waals surface area contributed by atoms with Crippen molar-refractivity contribution in [3.63, 3.8) is 0 Å². The van der Waals surface area contributed by atoms with E-state index in [9.17, 15) is 0 Å². The van der Waals surface area contributed by atoms with Crippen molar-refractivity contribution >= 4 is 20.2 Å². The molecule has 0 aliphatic heterocycles. The number of hydrogen-bond donors (Lipinski definition) is 2. The van der Waals surface area contributed by atoms with Crippen molar-refractivity contribution in [2.45, 2.75) is 0 Å². The predicted molar refractivity (Wildman–Crippen MR) is 20.8 cm³/mol. The van der Waals surface area contributed by atoms with Gasteiger partial charge in [-0.1, -0.05) is 0 Å². The molecule has 0 aromatic rings. The Bertz CT molecular complexity index is 96.1. The Balaban J connectivity index is -0.0000000800. The molecule has 0 unspecified atom stereocenters. The molecule has 0 saturated heterocycles. The smallest absolute Gasteiger partial charge is 1.00 e. The predicted octanol–water partition coefficient (Wildman–Crippen LogP) is -6.31. The van der Waals surface area contributed by atoms with E-state index in [1.807, 2.05) is 0 Å². The van der Waals surface area contributed by atoms with Crippen molar-refractivity contribution in [2.24, 2.45) is 0 Å². The van der Waals surface area contributed by atoms with Crippen LogP contribution in [-0.4, -0.2) is 13.3 Å². The summed E-state index contributed by atoms with van der Waals surface area (Å²) in [6, 6.07) is 0. The molecule has 0 spiro atoms. The summed E-state index contributed by atoms with van der Waals surface area (Å²) in [4.78, 5) is 0. The largest absolute Gasteiger partial charge is 1.00 e. The maximum atomic E-state index is 9.11. The summed E-state index contributed by atoms with van der Waals surface area (Å²) < 4.78 is 24.0. The van der Waals surface area contributed by atoms with Crippen LogP contribution in [0.15, 0.2) is 0 Å². The van der Waals surface area contributed by atoms with Crippen molar-refractivity contribution < 1.29 is 66.8 Å². The first-order valence-electron chi connectivity index (χ1n) is 0.698. The van der Waals surface area contributed by atoms with E-state index in [1.54, 1.807) is 0 Å². The summed E-state index contributed by atoms with van der Waals surface area (Å²) in [7, 11) is -3.83. The molecule has 0 aliphatic carbocycles. The molecule has 0 rings (SSSR count). The summed E-state index contributed by atoms with van der Waals surface area (Å²) in [5.41, 5.74) is 0. The van der Waals surface area contributed by atoms with Crippen molar-refractivity contribution in [1.82, 2.24) is 0 Å². The van der Waals surface area contributed by atoms with Crippen LogP contribution >= 0.6 is 0 Å². The van der Waals surface area contributed by atoms with E-state index in [4.69, 9.17) is 13.3 Å². The van der Waals surface area contributed by atoms with E-state index in [1.165, 1.54) is 0 Å². The molecule has 0 atom stereocenters. The SMILES string of the molecule is O=S(O)(O)=S.[I-].[Na+]. The molecular weight excluding hydrogens is 262 g/mol. The Hall–Kier alpha value is 2.02. The van der Waals surface area contributed by atoms with Gasteiger partial charge in [0, 0.05) is 11.2 Å². The van der Waals surface area contributed by atoms with Crippen LogP contribution in [0.25, 0.3) is 0 Å². The van der Waals surface area contributed by atoms with Crippen molar-refractivity contribution in [1.29, 1.82) is 0 Å². The van der Waals surface area contributed by atoms with Gasteiger partial charge in [0.25, 0.3) is 9.05 Å². The van der Waals surface area contributed by atoms with Gasteiger partial charge in [-0.2, -0.15) is 4.21 Å². The van der Waals surface area contributed by atoms with E-state index in [0.717, 1.165) is 0 Å². The first kappa shape index (κ1) is 16.0. The van der Waals surface area contributed by atoms with Crippen LogP contribution in [0.1, 0.15) is 0 Å². The second-order valence-corrected chi connectivity index (χ2v) is 2.65. The zero-order chi connectivity index (χ0) is 4.50. The van der Waals surface area contributed by atoms with Crippen LogP contribution in [0.4, 0.5) is 0 Å². The Kier molecular flexibility index (Phi) is 14.1. The fourth-order valence-electron chi connectivity index (χ4n) is 0. The number of rotatable bonds is 0. The molecule has 0 saturated carbocycles. The number of halogens is 1. The molecule has 0 radical (unpaired) electrons. The normalized spacial score (nSPS) is 8.29. The molecule has 40 valence electrons. The topological polar surface area (TPSA) is 57.5 Å². The first-order valence-corrected chi connectivity index (χ1v) is 3.10. The Morgan fingerprint density at radius 2 is 1.43 bits per heavy atom. The quantitative estimate of drug-likeness (QED) is 0.337. The molecule has 7 heavy (non-hydrogen) atoms. The van der Waals surface area contributed by atoms with Crippen molar-refractivity contribution in [3.05, 3.63) is 0 Å². The standard InChI is InChI=1S/HI.Na.H2O3S2/c;;1-5(2,3)4/h1H;;(H2,1,2,3,4)/q;+1;/p-1. The fourth-order valence-corrected chi connectivity index (χ4v) is 0. The zero-order valence-corrected chi connectivity index (χ0v) is 9.29. The summed E-state index contributed by atoms with van der Waals surface area (Å²) in [6.45, 7) is 0. The minimum Gasteiger partial charge on any atom is -1.00 e. The monoisotopic (exact) mass is 264 g/mol. The summed E-state index contributed by atoms with van der Waals surface area (Å²) in [5.74, 6) is 0. The van der Waals surface area contributed by atoms with Gasteiger partial charge in [0.1, 0.15) is 0 Å². The van der Waals surface area contributed by atoms with Gasteiger partial charge in [0.2, 0.25) is 0 Å². The minimum absolute atomic E-state index is 0. The van der Waals surface area contributed by atoms with Crippen LogP contribution in [0.2, 0.25) is 0 Å². The first-order chi connectivity index (χ1) is 2.00. The van der Waals surface area contributed by atoms with Gasteiger partial charge in [-0.3, -0.25) is 9.11 Å². The average Bonchev–Trinajstić information content (AvgIpc) is 0.722. The molecule has 0 heterocycles. The van der Waals surface area contributed by atoms with E-state index < -0.39 is 9.05 Å². The van der Waals surface area contributed by atoms with Crippen LogP contribution in [0.3, 0.4) is 0 Å². The third-order valence-corrected chi connectivity index (χ3v) is 0. The van der Waals surface area contributed by atoms with Gasteiger partial charge in [-0.05, 0) is 0 Å². The molecule has 2 N–H and O–H groups in total. The molecule has 0 aromatic carbocycles. The average molecular weight is 264 g/mol. The third-order valence-electron chi connectivity index (χ3n) is 0. The van der Waals surface area contributed by atoms with Gasteiger partial charge in [-0.25, -0.2) is 0 Å². The molecule has 0 fully saturated rings. The van der Waals surface area contributed by atoms with E-state index in [0.29, 0.717) is 0 Å². The van der Waals surface area contributed by atoms with Gasteiger partial charge in [-0.15, -0.1) is 0 Å². The molecule has 0 bridgehead atoms. The van der Waals surface area contributed by atoms with Crippen LogP contribution < -0.4 is 53.5 Å². The number of hydrogen-bond acceptors (Lipinski definition) is 2. The van der Waals surface area contributed by atoms with Crippen molar-refractivity contribution in [2.75, 3.05) is 0 Å². The van der Waals surface area contributed by atoms with E-state index >= 15 is 0 Å². The Labute approximate surface area is 85.9 Å². The zero-order valence-electron chi connectivity index (χ0n) is 3.50. The van der Waals surface area contributed by atoms with Crippen molar-refractivity contribution in [3.8, 4) is 0 Å². The van der Waals surface area contributed by atoms with Gasteiger partial charge < -0.3 is 24.0 Å².